The Morgan fingerprint density at radius 2 is 2.00 bits per heavy atom. The summed E-state index contributed by atoms with van der Waals surface area (Å²) in [5, 5.41) is 2.95. The van der Waals surface area contributed by atoms with E-state index in [0.717, 1.165) is 38.9 Å². The predicted octanol–water partition coefficient (Wildman–Crippen LogP) is 2.54. The van der Waals surface area contributed by atoms with Gasteiger partial charge in [0.25, 0.3) is 0 Å². The second kappa shape index (κ2) is 5.44. The lowest BCUT2D eigenvalue weighted by molar-refractivity contribution is -0.0208. The standard InChI is InChI=1S/C16H22N2O2/c1-2-14-16(20-15(19)17-14)8-10-18(11-9-16)12-13-6-4-3-5-7-13/h3-7,14H,2,8-12H2,1H3,(H,17,19). The van der Waals surface area contributed by atoms with Gasteiger partial charge in [0, 0.05) is 32.5 Å². The summed E-state index contributed by atoms with van der Waals surface area (Å²) in [6.07, 6.45) is 2.55. The number of hydrogen-bond donors (Lipinski definition) is 1. The molecule has 1 amide bonds. The Morgan fingerprint density at radius 1 is 1.30 bits per heavy atom. The molecular weight excluding hydrogens is 252 g/mol. The first-order chi connectivity index (χ1) is 9.72. The summed E-state index contributed by atoms with van der Waals surface area (Å²) >= 11 is 0. The molecule has 1 aromatic rings. The van der Waals surface area contributed by atoms with Crippen LogP contribution in [0.5, 0.6) is 0 Å². The van der Waals surface area contributed by atoms with Crippen LogP contribution in [0.15, 0.2) is 30.3 Å². The van der Waals surface area contributed by atoms with Crippen molar-refractivity contribution >= 4 is 6.09 Å². The first kappa shape index (κ1) is 13.4. The number of amides is 1. The third-order valence-corrected chi connectivity index (χ3v) is 4.58. The Hall–Kier alpha value is -1.55. The van der Waals surface area contributed by atoms with Crippen molar-refractivity contribution in [3.8, 4) is 0 Å². The number of rotatable bonds is 3. The van der Waals surface area contributed by atoms with Gasteiger partial charge >= 0.3 is 6.09 Å². The molecule has 0 aromatic heterocycles. The maximum Gasteiger partial charge on any atom is 0.408 e. The van der Waals surface area contributed by atoms with Crippen molar-refractivity contribution in [3.05, 3.63) is 35.9 Å². The Kier molecular flexibility index (Phi) is 3.66. The summed E-state index contributed by atoms with van der Waals surface area (Å²) in [5.74, 6) is 0. The lowest BCUT2D eigenvalue weighted by Gasteiger charge is -2.40. The largest absolute Gasteiger partial charge is 0.441 e. The molecule has 1 aromatic carbocycles. The zero-order chi connectivity index (χ0) is 14.0. The van der Waals surface area contributed by atoms with Crippen LogP contribution in [0.25, 0.3) is 0 Å². The Balaban J connectivity index is 1.61. The molecule has 108 valence electrons. The van der Waals surface area contributed by atoms with Crippen LogP contribution in [-0.2, 0) is 11.3 Å². The van der Waals surface area contributed by atoms with Gasteiger partial charge in [-0.1, -0.05) is 37.3 Å². The maximum atomic E-state index is 11.5. The minimum atomic E-state index is -0.265. The number of benzene rings is 1. The van der Waals surface area contributed by atoms with Gasteiger partial charge in [-0.05, 0) is 12.0 Å². The Labute approximate surface area is 120 Å². The highest BCUT2D eigenvalue weighted by molar-refractivity contribution is 5.71. The molecule has 0 radical (unpaired) electrons. The molecule has 2 aliphatic heterocycles. The molecule has 1 spiro atoms. The summed E-state index contributed by atoms with van der Waals surface area (Å²) in [7, 11) is 0. The van der Waals surface area contributed by atoms with Crippen molar-refractivity contribution in [2.45, 2.75) is 44.4 Å². The van der Waals surface area contributed by atoms with Crippen molar-refractivity contribution < 1.29 is 9.53 Å². The Bertz CT molecular complexity index is 467. The van der Waals surface area contributed by atoms with Gasteiger partial charge in [-0.2, -0.15) is 0 Å². The van der Waals surface area contributed by atoms with Crippen LogP contribution in [0.2, 0.25) is 0 Å². The summed E-state index contributed by atoms with van der Waals surface area (Å²) in [4.78, 5) is 14.0. The van der Waals surface area contributed by atoms with Gasteiger partial charge in [0.05, 0.1) is 6.04 Å². The van der Waals surface area contributed by atoms with E-state index in [1.807, 2.05) is 6.07 Å². The second-order valence-electron chi connectivity index (χ2n) is 5.82. The molecule has 2 saturated heterocycles. The number of carbonyl (C=O) groups is 1. The lowest BCUT2D eigenvalue weighted by Crippen LogP contribution is -2.51. The molecule has 1 unspecified atom stereocenters. The predicted molar refractivity (Wildman–Crippen MR) is 77.4 cm³/mol. The molecule has 4 nitrogen and oxygen atoms in total. The molecule has 2 aliphatic rings. The van der Waals surface area contributed by atoms with Gasteiger partial charge in [-0.15, -0.1) is 0 Å². The number of ether oxygens (including phenoxy) is 1. The van der Waals surface area contributed by atoms with Crippen molar-refractivity contribution in [2.24, 2.45) is 0 Å². The summed E-state index contributed by atoms with van der Waals surface area (Å²) in [5.41, 5.74) is 1.08. The monoisotopic (exact) mass is 274 g/mol. The quantitative estimate of drug-likeness (QED) is 0.921. The van der Waals surface area contributed by atoms with Gasteiger partial charge in [0.1, 0.15) is 5.60 Å². The average Bonchev–Trinajstić information content (AvgIpc) is 2.78. The van der Waals surface area contributed by atoms with E-state index in [4.69, 9.17) is 4.74 Å². The van der Waals surface area contributed by atoms with Crippen molar-refractivity contribution in [2.75, 3.05) is 13.1 Å². The average molecular weight is 274 g/mol. The molecule has 2 heterocycles. The number of nitrogens with zero attached hydrogens (tertiary/aromatic N) is 1. The molecule has 3 rings (SSSR count). The van der Waals surface area contributed by atoms with Crippen LogP contribution in [0.3, 0.4) is 0 Å². The van der Waals surface area contributed by atoms with E-state index >= 15 is 0 Å². The van der Waals surface area contributed by atoms with Gasteiger partial charge < -0.3 is 10.1 Å². The lowest BCUT2D eigenvalue weighted by atomic mass is 9.83. The van der Waals surface area contributed by atoms with E-state index in [2.05, 4.69) is 41.4 Å². The first-order valence-electron chi connectivity index (χ1n) is 7.48. The van der Waals surface area contributed by atoms with Crippen LogP contribution < -0.4 is 5.32 Å². The third-order valence-electron chi connectivity index (χ3n) is 4.58. The minimum absolute atomic E-state index is 0.175. The van der Waals surface area contributed by atoms with Crippen LogP contribution in [0.1, 0.15) is 31.7 Å². The molecule has 20 heavy (non-hydrogen) atoms. The highest BCUT2D eigenvalue weighted by atomic mass is 16.6. The molecular formula is C16H22N2O2. The van der Waals surface area contributed by atoms with Gasteiger partial charge in [0.2, 0.25) is 0 Å². The number of likely N-dealkylation sites (tertiary alicyclic amines) is 1. The number of alkyl carbamates (subject to hydrolysis) is 1. The molecule has 1 N–H and O–H groups in total. The fourth-order valence-electron chi connectivity index (χ4n) is 3.41. The van der Waals surface area contributed by atoms with Crippen LogP contribution in [0.4, 0.5) is 4.79 Å². The zero-order valence-electron chi connectivity index (χ0n) is 12.0. The maximum absolute atomic E-state index is 11.5. The summed E-state index contributed by atoms with van der Waals surface area (Å²) in [6, 6.07) is 10.7. The fraction of sp³-hybridized carbons (Fsp3) is 0.562. The minimum Gasteiger partial charge on any atom is -0.441 e. The highest BCUT2D eigenvalue weighted by Crippen LogP contribution is 2.35. The number of nitrogens with one attached hydrogen (secondary N) is 1. The van der Waals surface area contributed by atoms with Crippen LogP contribution in [0, 0.1) is 0 Å². The fourth-order valence-corrected chi connectivity index (χ4v) is 3.41. The van der Waals surface area contributed by atoms with Crippen LogP contribution in [-0.4, -0.2) is 35.7 Å². The third kappa shape index (κ3) is 2.52. The van der Waals surface area contributed by atoms with Gasteiger partial charge in [0.15, 0.2) is 0 Å². The smallest absolute Gasteiger partial charge is 0.408 e. The second-order valence-corrected chi connectivity index (χ2v) is 5.82. The normalized spacial score (nSPS) is 25.4. The van der Waals surface area contributed by atoms with E-state index in [9.17, 15) is 4.79 Å². The van der Waals surface area contributed by atoms with E-state index in [-0.39, 0.29) is 17.7 Å². The van der Waals surface area contributed by atoms with Gasteiger partial charge in [-0.25, -0.2) is 4.79 Å². The summed E-state index contributed by atoms with van der Waals surface area (Å²) in [6.45, 7) is 5.06. The Morgan fingerprint density at radius 3 is 2.65 bits per heavy atom. The van der Waals surface area contributed by atoms with E-state index in [1.54, 1.807) is 0 Å². The number of hydrogen-bond acceptors (Lipinski definition) is 3. The van der Waals surface area contributed by atoms with E-state index in [1.165, 1.54) is 5.56 Å². The van der Waals surface area contributed by atoms with Gasteiger partial charge in [-0.3, -0.25) is 4.90 Å². The summed E-state index contributed by atoms with van der Waals surface area (Å²) < 4.78 is 5.62. The number of carbonyl (C=O) groups excluding carboxylic acids is 1. The SMILES string of the molecule is CCC1NC(=O)OC12CCN(Cc1ccccc1)CC2. The zero-order valence-corrected chi connectivity index (χ0v) is 12.0. The molecule has 2 fully saturated rings. The topological polar surface area (TPSA) is 41.6 Å². The van der Waals surface area contributed by atoms with Crippen molar-refractivity contribution in [3.63, 3.8) is 0 Å². The van der Waals surface area contributed by atoms with Crippen molar-refractivity contribution in [1.29, 1.82) is 0 Å². The first-order valence-corrected chi connectivity index (χ1v) is 7.48. The molecule has 0 bridgehead atoms. The van der Waals surface area contributed by atoms with E-state index < -0.39 is 0 Å². The molecule has 0 saturated carbocycles. The highest BCUT2D eigenvalue weighted by Gasteiger charge is 2.49. The molecule has 4 heteroatoms. The molecule has 0 aliphatic carbocycles. The van der Waals surface area contributed by atoms with Crippen LogP contribution >= 0.6 is 0 Å². The number of piperidine rings is 1. The van der Waals surface area contributed by atoms with Crippen molar-refractivity contribution in [1.82, 2.24) is 10.2 Å². The van der Waals surface area contributed by atoms with E-state index in [0.29, 0.717) is 0 Å². The molecule has 1 atom stereocenters.